The van der Waals surface area contributed by atoms with Gasteiger partial charge >= 0.3 is 0 Å². The molecule has 1 saturated heterocycles. The molecule has 1 saturated carbocycles. The number of hydrogen-bond donors (Lipinski definition) is 1. The molecule has 1 amide bonds. The lowest BCUT2D eigenvalue weighted by Gasteiger charge is -2.34. The summed E-state index contributed by atoms with van der Waals surface area (Å²) in [4.78, 5) is 16.3. The van der Waals surface area contributed by atoms with E-state index in [-0.39, 0.29) is 17.5 Å². The molecule has 5 nitrogen and oxygen atoms in total. The number of benzene rings is 1. The number of ether oxygens (including phenoxy) is 1. The topological polar surface area (TPSA) is 44.8 Å². The largest absolute Gasteiger partial charge is 0.494 e. The zero-order chi connectivity index (χ0) is 16.9. The predicted octanol–water partition coefficient (Wildman–Crippen LogP) is 1.48. The van der Waals surface area contributed by atoms with E-state index in [1.54, 1.807) is 6.07 Å². The van der Waals surface area contributed by atoms with E-state index in [4.69, 9.17) is 4.74 Å². The molecule has 0 radical (unpaired) electrons. The van der Waals surface area contributed by atoms with Crippen LogP contribution < -0.4 is 10.1 Å². The third kappa shape index (κ3) is 4.68. The van der Waals surface area contributed by atoms with Gasteiger partial charge in [0.25, 0.3) is 0 Å². The average Bonchev–Trinajstić information content (AvgIpc) is 3.40. The highest BCUT2D eigenvalue weighted by molar-refractivity contribution is 5.78. The van der Waals surface area contributed by atoms with Gasteiger partial charge in [-0.05, 0) is 43.0 Å². The van der Waals surface area contributed by atoms with E-state index < -0.39 is 0 Å². The Labute approximate surface area is 142 Å². The average molecular weight is 335 g/mol. The van der Waals surface area contributed by atoms with Crippen molar-refractivity contribution in [3.05, 3.63) is 29.6 Å². The number of halogens is 1. The molecule has 1 aromatic carbocycles. The number of rotatable bonds is 7. The third-order valence-electron chi connectivity index (χ3n) is 4.75. The highest BCUT2D eigenvalue weighted by atomic mass is 19.1. The van der Waals surface area contributed by atoms with Gasteiger partial charge in [0.1, 0.15) is 0 Å². The van der Waals surface area contributed by atoms with Crippen molar-refractivity contribution in [2.24, 2.45) is 5.92 Å². The van der Waals surface area contributed by atoms with Crippen LogP contribution in [-0.2, 0) is 11.3 Å². The summed E-state index contributed by atoms with van der Waals surface area (Å²) in [7, 11) is 1.47. The minimum atomic E-state index is -0.328. The molecule has 1 heterocycles. The summed E-state index contributed by atoms with van der Waals surface area (Å²) >= 11 is 0. The van der Waals surface area contributed by atoms with E-state index >= 15 is 0 Å². The molecule has 24 heavy (non-hydrogen) atoms. The predicted molar refractivity (Wildman–Crippen MR) is 90.4 cm³/mol. The van der Waals surface area contributed by atoms with Gasteiger partial charge in [-0.1, -0.05) is 6.07 Å². The quantitative estimate of drug-likeness (QED) is 0.820. The van der Waals surface area contributed by atoms with Crippen molar-refractivity contribution in [1.82, 2.24) is 15.1 Å². The van der Waals surface area contributed by atoms with E-state index in [1.807, 2.05) is 11.0 Å². The minimum absolute atomic E-state index is 0.186. The van der Waals surface area contributed by atoms with Crippen molar-refractivity contribution in [3.63, 3.8) is 0 Å². The fourth-order valence-electron chi connectivity index (χ4n) is 3.04. The van der Waals surface area contributed by atoms with Crippen LogP contribution >= 0.6 is 0 Å². The zero-order valence-corrected chi connectivity index (χ0v) is 14.3. The first-order chi connectivity index (χ1) is 11.7. The monoisotopic (exact) mass is 335 g/mol. The Kier molecular flexibility index (Phi) is 5.68. The van der Waals surface area contributed by atoms with Gasteiger partial charge in [-0.25, -0.2) is 4.39 Å². The summed E-state index contributed by atoms with van der Waals surface area (Å²) in [5.41, 5.74) is 0.930. The van der Waals surface area contributed by atoms with Crippen LogP contribution in [0.1, 0.15) is 18.4 Å². The third-order valence-corrected chi connectivity index (χ3v) is 4.75. The highest BCUT2D eigenvalue weighted by Crippen LogP contribution is 2.27. The molecular formula is C18H26FN3O2. The number of nitrogens with one attached hydrogen (secondary N) is 1. The number of piperazine rings is 1. The SMILES string of the molecule is COc1ccc(CN2CCN(C(=O)CNCC3CC3)CC2)cc1F. The fourth-order valence-corrected chi connectivity index (χ4v) is 3.04. The number of nitrogens with zero attached hydrogens (tertiary/aromatic N) is 2. The van der Waals surface area contributed by atoms with Crippen molar-refractivity contribution >= 4 is 5.91 Å². The number of carbonyl (C=O) groups excluding carboxylic acids is 1. The van der Waals surface area contributed by atoms with E-state index in [2.05, 4.69) is 10.2 Å². The summed E-state index contributed by atoms with van der Waals surface area (Å²) in [6.07, 6.45) is 2.59. The van der Waals surface area contributed by atoms with Gasteiger partial charge in [0.15, 0.2) is 11.6 Å². The first-order valence-electron chi connectivity index (χ1n) is 8.69. The second kappa shape index (κ2) is 7.94. The van der Waals surface area contributed by atoms with E-state index in [1.165, 1.54) is 26.0 Å². The minimum Gasteiger partial charge on any atom is -0.494 e. The highest BCUT2D eigenvalue weighted by Gasteiger charge is 2.23. The summed E-state index contributed by atoms with van der Waals surface area (Å²) < 4.78 is 18.7. The maximum atomic E-state index is 13.7. The molecule has 3 rings (SSSR count). The molecule has 2 aliphatic rings. The van der Waals surface area contributed by atoms with Crippen LogP contribution in [0.15, 0.2) is 18.2 Å². The van der Waals surface area contributed by atoms with E-state index in [0.29, 0.717) is 13.1 Å². The molecule has 6 heteroatoms. The number of hydrogen-bond acceptors (Lipinski definition) is 4. The zero-order valence-electron chi connectivity index (χ0n) is 14.3. The van der Waals surface area contributed by atoms with Crippen LogP contribution in [-0.4, -0.2) is 62.1 Å². The summed E-state index contributed by atoms with van der Waals surface area (Å²) in [6.45, 7) is 5.23. The van der Waals surface area contributed by atoms with Gasteiger partial charge in [0, 0.05) is 32.7 Å². The van der Waals surface area contributed by atoms with E-state index in [0.717, 1.165) is 44.2 Å². The molecular weight excluding hydrogens is 309 g/mol. The molecule has 1 N–H and O–H groups in total. The summed E-state index contributed by atoms with van der Waals surface area (Å²) in [5.74, 6) is 0.920. The maximum Gasteiger partial charge on any atom is 0.236 e. The van der Waals surface area contributed by atoms with Crippen LogP contribution in [0.25, 0.3) is 0 Å². The lowest BCUT2D eigenvalue weighted by molar-refractivity contribution is -0.132. The first kappa shape index (κ1) is 17.2. The summed E-state index contributed by atoms with van der Waals surface area (Å²) in [6, 6.07) is 5.08. The van der Waals surface area contributed by atoms with Gasteiger partial charge < -0.3 is 15.0 Å². The van der Waals surface area contributed by atoms with Crippen LogP contribution in [0.2, 0.25) is 0 Å². The molecule has 1 aliphatic carbocycles. The van der Waals surface area contributed by atoms with Crippen LogP contribution in [0.3, 0.4) is 0 Å². The Morgan fingerprint density at radius 3 is 2.67 bits per heavy atom. The van der Waals surface area contributed by atoms with Crippen LogP contribution in [0.5, 0.6) is 5.75 Å². The van der Waals surface area contributed by atoms with Crippen molar-refractivity contribution in [3.8, 4) is 5.75 Å². The molecule has 2 fully saturated rings. The molecule has 0 aromatic heterocycles. The number of carbonyl (C=O) groups is 1. The van der Waals surface area contributed by atoms with Crippen molar-refractivity contribution in [1.29, 1.82) is 0 Å². The Morgan fingerprint density at radius 2 is 2.04 bits per heavy atom. The Morgan fingerprint density at radius 1 is 1.29 bits per heavy atom. The van der Waals surface area contributed by atoms with Crippen molar-refractivity contribution in [2.45, 2.75) is 19.4 Å². The summed E-state index contributed by atoms with van der Waals surface area (Å²) in [5, 5.41) is 3.25. The van der Waals surface area contributed by atoms with Crippen LogP contribution in [0, 0.1) is 11.7 Å². The molecule has 0 bridgehead atoms. The van der Waals surface area contributed by atoms with Crippen molar-refractivity contribution in [2.75, 3.05) is 46.4 Å². The standard InChI is InChI=1S/C18H26FN3O2/c1-24-17-5-4-15(10-16(17)19)13-21-6-8-22(9-7-21)18(23)12-20-11-14-2-3-14/h4-5,10,14,20H,2-3,6-9,11-13H2,1H3. The molecule has 1 aromatic rings. The number of methoxy groups -OCH3 is 1. The van der Waals surface area contributed by atoms with Gasteiger partial charge in [-0.2, -0.15) is 0 Å². The van der Waals surface area contributed by atoms with Gasteiger partial charge in [-0.3, -0.25) is 9.69 Å². The smallest absolute Gasteiger partial charge is 0.236 e. The van der Waals surface area contributed by atoms with Crippen LogP contribution in [0.4, 0.5) is 4.39 Å². The molecule has 0 atom stereocenters. The number of amides is 1. The molecule has 132 valence electrons. The molecule has 0 spiro atoms. The lowest BCUT2D eigenvalue weighted by Crippen LogP contribution is -2.50. The first-order valence-corrected chi connectivity index (χ1v) is 8.69. The molecule has 1 aliphatic heterocycles. The van der Waals surface area contributed by atoms with Gasteiger partial charge in [-0.15, -0.1) is 0 Å². The maximum absolute atomic E-state index is 13.7. The Balaban J connectivity index is 1.41. The van der Waals surface area contributed by atoms with Crippen molar-refractivity contribution < 1.29 is 13.9 Å². The Bertz CT molecular complexity index is 569. The normalized spacial score (nSPS) is 18.7. The Hall–Kier alpha value is -1.66. The van der Waals surface area contributed by atoms with Gasteiger partial charge in [0.2, 0.25) is 5.91 Å². The van der Waals surface area contributed by atoms with E-state index in [9.17, 15) is 9.18 Å². The second-order valence-corrected chi connectivity index (χ2v) is 6.70. The van der Waals surface area contributed by atoms with Gasteiger partial charge in [0.05, 0.1) is 13.7 Å². The second-order valence-electron chi connectivity index (χ2n) is 6.70. The fraction of sp³-hybridized carbons (Fsp3) is 0.611. The molecule has 0 unspecified atom stereocenters. The lowest BCUT2D eigenvalue weighted by atomic mass is 10.2.